The van der Waals surface area contributed by atoms with Gasteiger partial charge in [0, 0.05) is 43.7 Å². The highest BCUT2D eigenvalue weighted by atomic mass is 35.5. The molecule has 2 amide bonds. The van der Waals surface area contributed by atoms with Gasteiger partial charge in [0.1, 0.15) is 12.6 Å². The lowest BCUT2D eigenvalue weighted by molar-refractivity contribution is -0.140. The number of rotatable bonds is 14. The predicted octanol–water partition coefficient (Wildman–Crippen LogP) is 5.78. The van der Waals surface area contributed by atoms with Gasteiger partial charge in [-0.25, -0.2) is 4.31 Å². The molecule has 0 unspecified atom stereocenters. The van der Waals surface area contributed by atoms with Gasteiger partial charge in [-0.15, -0.1) is 0 Å². The average molecular weight is 648 g/mol. The van der Waals surface area contributed by atoms with Crippen LogP contribution in [0.3, 0.4) is 0 Å². The maximum absolute atomic E-state index is 14.4. The molecular weight excluding hydrogens is 607 g/mol. The molecule has 11 heteroatoms. The average Bonchev–Trinajstić information content (AvgIpc) is 2.96. The monoisotopic (exact) mass is 646 g/mol. The standard InChI is InChI=1S/C32H40Cl2N4O4S/c1-6-7-17-35-32(40)30(19-25-11-9-8-10-12-25)37(21-26-15-16-27(33)20-28(26)34)31(39)22-38(43(41,42)36(4)5)29-18-23(2)13-14-24(29)3/h8-16,18,20,30H,6-7,17,19,21-22H2,1-5H3,(H,35,40)/t30-/m1/s1. The molecule has 0 radical (unpaired) electrons. The van der Waals surface area contributed by atoms with E-state index in [4.69, 9.17) is 23.2 Å². The summed E-state index contributed by atoms with van der Waals surface area (Å²) in [5.74, 6) is -0.881. The van der Waals surface area contributed by atoms with Gasteiger partial charge >= 0.3 is 10.2 Å². The van der Waals surface area contributed by atoms with Crippen molar-refractivity contribution in [2.45, 2.75) is 52.6 Å². The number of aryl methyl sites for hydroxylation is 2. The van der Waals surface area contributed by atoms with Crippen LogP contribution in [-0.4, -0.2) is 62.7 Å². The lowest BCUT2D eigenvalue weighted by atomic mass is 10.0. The van der Waals surface area contributed by atoms with Gasteiger partial charge in [0.05, 0.1) is 5.69 Å². The van der Waals surface area contributed by atoms with Crippen molar-refractivity contribution in [3.63, 3.8) is 0 Å². The van der Waals surface area contributed by atoms with Crippen LogP contribution in [0, 0.1) is 13.8 Å². The van der Waals surface area contributed by atoms with Crippen LogP contribution in [0.1, 0.15) is 42.0 Å². The van der Waals surface area contributed by atoms with Crippen molar-refractivity contribution >= 4 is 50.9 Å². The Hall–Kier alpha value is -3.11. The van der Waals surface area contributed by atoms with Gasteiger partial charge in [-0.3, -0.25) is 9.59 Å². The van der Waals surface area contributed by atoms with E-state index in [1.165, 1.54) is 19.0 Å². The summed E-state index contributed by atoms with van der Waals surface area (Å²) in [7, 11) is -1.26. The van der Waals surface area contributed by atoms with Gasteiger partial charge in [0.25, 0.3) is 0 Å². The molecule has 8 nitrogen and oxygen atoms in total. The van der Waals surface area contributed by atoms with Crippen LogP contribution in [0.2, 0.25) is 10.0 Å². The fourth-order valence-corrected chi connectivity index (χ4v) is 6.16. The molecule has 3 rings (SSSR count). The maximum atomic E-state index is 14.4. The summed E-state index contributed by atoms with van der Waals surface area (Å²) < 4.78 is 29.4. The minimum Gasteiger partial charge on any atom is -0.354 e. The van der Waals surface area contributed by atoms with Crippen LogP contribution in [0.25, 0.3) is 0 Å². The Morgan fingerprint density at radius 3 is 2.28 bits per heavy atom. The van der Waals surface area contributed by atoms with E-state index in [9.17, 15) is 18.0 Å². The minimum absolute atomic E-state index is 0.0316. The topological polar surface area (TPSA) is 90.0 Å². The lowest BCUT2D eigenvalue weighted by Crippen LogP contribution is -2.54. The van der Waals surface area contributed by atoms with Gasteiger partial charge in [0.2, 0.25) is 11.8 Å². The normalized spacial score (nSPS) is 12.2. The van der Waals surface area contributed by atoms with Gasteiger partial charge in [0.15, 0.2) is 0 Å². The van der Waals surface area contributed by atoms with Gasteiger partial charge in [-0.2, -0.15) is 12.7 Å². The Morgan fingerprint density at radius 2 is 1.65 bits per heavy atom. The van der Waals surface area contributed by atoms with Crippen molar-refractivity contribution in [3.05, 3.63) is 99.0 Å². The van der Waals surface area contributed by atoms with E-state index in [-0.39, 0.29) is 18.9 Å². The molecule has 0 bridgehead atoms. The molecule has 3 aromatic carbocycles. The van der Waals surface area contributed by atoms with Crippen molar-refractivity contribution < 1.29 is 18.0 Å². The van der Waals surface area contributed by atoms with E-state index < -0.39 is 28.7 Å². The van der Waals surface area contributed by atoms with E-state index in [0.29, 0.717) is 33.4 Å². The third-order valence-corrected chi connectivity index (χ3v) is 9.50. The quantitative estimate of drug-likeness (QED) is 0.225. The van der Waals surface area contributed by atoms with Crippen LogP contribution in [-0.2, 0) is 32.8 Å². The van der Waals surface area contributed by atoms with Crippen molar-refractivity contribution in [3.8, 4) is 0 Å². The smallest absolute Gasteiger partial charge is 0.304 e. The molecule has 0 heterocycles. The van der Waals surface area contributed by atoms with Crippen molar-refractivity contribution in [2.24, 2.45) is 0 Å². The number of nitrogens with zero attached hydrogens (tertiary/aromatic N) is 3. The zero-order valence-corrected chi connectivity index (χ0v) is 27.6. The van der Waals surface area contributed by atoms with Crippen LogP contribution >= 0.6 is 23.2 Å². The fraction of sp³-hybridized carbons (Fsp3) is 0.375. The summed E-state index contributed by atoms with van der Waals surface area (Å²) in [4.78, 5) is 29.6. The molecule has 0 saturated carbocycles. The number of hydrogen-bond donors (Lipinski definition) is 1. The zero-order chi connectivity index (χ0) is 31.7. The summed E-state index contributed by atoms with van der Waals surface area (Å²) >= 11 is 12.7. The molecule has 3 aromatic rings. The number of carbonyl (C=O) groups excluding carboxylic acids is 2. The highest BCUT2D eigenvalue weighted by molar-refractivity contribution is 7.90. The third kappa shape index (κ3) is 9.19. The molecule has 232 valence electrons. The van der Waals surface area contributed by atoms with Crippen molar-refractivity contribution in [1.82, 2.24) is 14.5 Å². The Labute approximate surface area is 265 Å². The van der Waals surface area contributed by atoms with Crippen LogP contribution in [0.15, 0.2) is 66.7 Å². The largest absolute Gasteiger partial charge is 0.354 e. The molecule has 0 fully saturated rings. The summed E-state index contributed by atoms with van der Waals surface area (Å²) in [6.07, 6.45) is 1.89. The first-order valence-electron chi connectivity index (χ1n) is 14.2. The van der Waals surface area contributed by atoms with E-state index >= 15 is 0 Å². The Morgan fingerprint density at radius 1 is 0.953 bits per heavy atom. The molecular formula is C32H40Cl2N4O4S. The second-order valence-corrected chi connectivity index (χ2v) is 13.6. The molecule has 1 atom stereocenters. The molecule has 43 heavy (non-hydrogen) atoms. The van der Waals surface area contributed by atoms with E-state index in [0.717, 1.165) is 32.6 Å². The molecule has 0 spiro atoms. The Kier molecular flexibility index (Phi) is 12.4. The maximum Gasteiger partial charge on any atom is 0.304 e. The zero-order valence-electron chi connectivity index (χ0n) is 25.3. The summed E-state index contributed by atoms with van der Waals surface area (Å²) in [5.41, 5.74) is 3.35. The van der Waals surface area contributed by atoms with E-state index in [1.54, 1.807) is 31.2 Å². The number of amides is 2. The summed E-state index contributed by atoms with van der Waals surface area (Å²) in [6, 6.07) is 18.8. The number of anilines is 1. The highest BCUT2D eigenvalue weighted by Gasteiger charge is 2.35. The molecule has 1 N–H and O–H groups in total. The van der Waals surface area contributed by atoms with Gasteiger partial charge < -0.3 is 10.2 Å². The summed E-state index contributed by atoms with van der Waals surface area (Å²) in [6.45, 7) is 5.57. The fourth-order valence-electron chi connectivity index (χ4n) is 4.58. The SMILES string of the molecule is CCCCNC(=O)[C@@H](Cc1ccccc1)N(Cc1ccc(Cl)cc1Cl)C(=O)CN(c1cc(C)ccc1C)S(=O)(=O)N(C)C. The van der Waals surface area contributed by atoms with E-state index in [2.05, 4.69) is 5.32 Å². The number of benzene rings is 3. The van der Waals surface area contributed by atoms with Crippen LogP contribution in [0.5, 0.6) is 0 Å². The number of hydrogen-bond acceptors (Lipinski definition) is 4. The van der Waals surface area contributed by atoms with E-state index in [1.807, 2.05) is 56.3 Å². The second-order valence-electron chi connectivity index (χ2n) is 10.7. The first-order chi connectivity index (χ1) is 20.3. The molecule has 0 aliphatic rings. The molecule has 0 aromatic heterocycles. The number of unbranched alkanes of at least 4 members (excludes halogenated alkanes) is 1. The van der Waals surface area contributed by atoms with Gasteiger partial charge in [-0.05, 0) is 60.7 Å². The number of halogens is 2. The predicted molar refractivity (Wildman–Crippen MR) is 175 cm³/mol. The lowest BCUT2D eigenvalue weighted by Gasteiger charge is -2.35. The molecule has 0 aliphatic heterocycles. The summed E-state index contributed by atoms with van der Waals surface area (Å²) in [5, 5.41) is 3.74. The van der Waals surface area contributed by atoms with Crippen LogP contribution in [0.4, 0.5) is 5.69 Å². The molecule has 0 aliphatic carbocycles. The van der Waals surface area contributed by atoms with Gasteiger partial charge in [-0.1, -0.05) is 85.1 Å². The van der Waals surface area contributed by atoms with Crippen molar-refractivity contribution in [1.29, 1.82) is 0 Å². The first-order valence-corrected chi connectivity index (χ1v) is 16.3. The second kappa shape index (κ2) is 15.6. The highest BCUT2D eigenvalue weighted by Crippen LogP contribution is 2.28. The minimum atomic E-state index is -4.09. The Bertz CT molecular complexity index is 1520. The van der Waals surface area contributed by atoms with Crippen molar-refractivity contribution in [2.75, 3.05) is 31.5 Å². The first kappa shape index (κ1) is 34.4. The third-order valence-electron chi connectivity index (χ3n) is 7.11. The van der Waals surface area contributed by atoms with Crippen LogP contribution < -0.4 is 9.62 Å². The number of carbonyl (C=O) groups is 2. The Balaban J connectivity index is 2.13. The number of nitrogens with one attached hydrogen (secondary N) is 1. The molecule has 0 saturated heterocycles.